The van der Waals surface area contributed by atoms with Gasteiger partial charge in [-0.3, -0.25) is 9.78 Å². The van der Waals surface area contributed by atoms with E-state index in [0.29, 0.717) is 29.5 Å². The van der Waals surface area contributed by atoms with Crippen LogP contribution in [0.15, 0.2) is 54.9 Å². The lowest BCUT2D eigenvalue weighted by Gasteiger charge is -2.09. The summed E-state index contributed by atoms with van der Waals surface area (Å²) in [5.41, 5.74) is 2.02. The van der Waals surface area contributed by atoms with E-state index in [1.165, 1.54) is 6.07 Å². The number of pyridine rings is 1. The van der Waals surface area contributed by atoms with Gasteiger partial charge in [-0.25, -0.2) is 9.37 Å². The largest absolute Gasteiger partial charge is 0.369 e. The van der Waals surface area contributed by atoms with Gasteiger partial charge in [-0.15, -0.1) is 5.10 Å². The molecule has 3 aromatic heterocycles. The molecule has 0 unspecified atom stereocenters. The summed E-state index contributed by atoms with van der Waals surface area (Å²) < 4.78 is 15.2. The van der Waals surface area contributed by atoms with Crippen LogP contribution in [-0.2, 0) is 11.3 Å². The fourth-order valence-corrected chi connectivity index (χ4v) is 2.96. The number of halogens is 1. The molecule has 0 spiro atoms. The van der Waals surface area contributed by atoms with Crippen LogP contribution in [0.4, 0.5) is 10.2 Å². The summed E-state index contributed by atoms with van der Waals surface area (Å²) in [6.07, 6.45) is 3.60. The molecule has 152 valence electrons. The van der Waals surface area contributed by atoms with Crippen LogP contribution in [0.5, 0.6) is 0 Å². The van der Waals surface area contributed by atoms with Gasteiger partial charge in [0.15, 0.2) is 5.82 Å². The third kappa shape index (κ3) is 4.40. The number of hydrogen-bond acceptors (Lipinski definition) is 6. The van der Waals surface area contributed by atoms with Gasteiger partial charge in [0.2, 0.25) is 5.91 Å². The Hall–Kier alpha value is -3.88. The molecular formula is C21H20FN7O. The van der Waals surface area contributed by atoms with E-state index >= 15 is 0 Å². The summed E-state index contributed by atoms with van der Waals surface area (Å²) in [5.74, 6) is 1.15. The zero-order valence-corrected chi connectivity index (χ0v) is 16.3. The van der Waals surface area contributed by atoms with Crippen molar-refractivity contribution in [1.82, 2.24) is 29.9 Å². The lowest BCUT2D eigenvalue weighted by Crippen LogP contribution is -2.25. The number of anilines is 1. The molecule has 8 nitrogen and oxygen atoms in total. The van der Waals surface area contributed by atoms with Crippen LogP contribution in [0.3, 0.4) is 0 Å². The molecule has 0 aliphatic rings. The zero-order valence-electron chi connectivity index (χ0n) is 16.3. The predicted octanol–water partition coefficient (Wildman–Crippen LogP) is 2.75. The van der Waals surface area contributed by atoms with E-state index in [2.05, 4.69) is 30.7 Å². The number of amides is 1. The Labute approximate surface area is 172 Å². The van der Waals surface area contributed by atoms with Gasteiger partial charge in [0.1, 0.15) is 11.6 Å². The number of rotatable bonds is 7. The van der Waals surface area contributed by atoms with Crippen molar-refractivity contribution < 1.29 is 9.18 Å². The first kappa shape index (κ1) is 19.4. The summed E-state index contributed by atoms with van der Waals surface area (Å²) >= 11 is 0. The number of hydrogen-bond donors (Lipinski definition) is 2. The maximum Gasteiger partial charge on any atom is 0.254 e. The maximum absolute atomic E-state index is 13.6. The molecule has 3 heterocycles. The molecule has 0 fully saturated rings. The highest BCUT2D eigenvalue weighted by Gasteiger charge is 2.12. The highest BCUT2D eigenvalue weighted by atomic mass is 19.1. The number of nitrogens with one attached hydrogen (secondary N) is 2. The molecule has 0 aliphatic heterocycles. The second-order valence-electron chi connectivity index (χ2n) is 6.72. The van der Waals surface area contributed by atoms with Gasteiger partial charge in [-0.2, -0.15) is 9.50 Å². The molecular weight excluding hydrogens is 385 g/mol. The number of aromatic nitrogens is 5. The van der Waals surface area contributed by atoms with Crippen LogP contribution >= 0.6 is 0 Å². The Kier molecular flexibility index (Phi) is 5.60. The average Bonchev–Trinajstić information content (AvgIpc) is 3.18. The summed E-state index contributed by atoms with van der Waals surface area (Å²) in [6.45, 7) is 2.40. The van der Waals surface area contributed by atoms with Gasteiger partial charge >= 0.3 is 0 Å². The van der Waals surface area contributed by atoms with Crippen molar-refractivity contribution in [1.29, 1.82) is 0 Å². The van der Waals surface area contributed by atoms with Crippen LogP contribution in [0.25, 0.3) is 17.2 Å². The number of benzene rings is 1. The van der Waals surface area contributed by atoms with E-state index in [0.717, 1.165) is 11.3 Å². The van der Waals surface area contributed by atoms with Gasteiger partial charge in [0, 0.05) is 54.8 Å². The lowest BCUT2D eigenvalue weighted by atomic mass is 10.2. The fourth-order valence-electron chi connectivity index (χ4n) is 2.96. The first-order chi connectivity index (χ1) is 14.6. The summed E-state index contributed by atoms with van der Waals surface area (Å²) in [4.78, 5) is 25.1. The molecule has 2 N–H and O–H groups in total. The molecule has 30 heavy (non-hydrogen) atoms. The van der Waals surface area contributed by atoms with Gasteiger partial charge in [-0.05, 0) is 25.1 Å². The monoisotopic (exact) mass is 405 g/mol. The Bertz CT molecular complexity index is 1180. The van der Waals surface area contributed by atoms with Crippen LogP contribution in [0, 0.1) is 12.7 Å². The standard InChI is InChI=1S/C21H20FN7O/c1-14-11-18(24-10-8-19(30)25-13-15-5-2-3-7-17(15)22)29-21(26-14)27-20(28-29)16-6-4-9-23-12-16/h2-7,9,11-12,24H,8,10,13H2,1H3,(H,25,30). The van der Waals surface area contributed by atoms with Crippen LogP contribution < -0.4 is 10.6 Å². The van der Waals surface area contributed by atoms with E-state index in [4.69, 9.17) is 0 Å². The minimum absolute atomic E-state index is 0.154. The number of fused-ring (bicyclic) bond motifs is 1. The third-order valence-electron chi connectivity index (χ3n) is 4.45. The maximum atomic E-state index is 13.6. The van der Waals surface area contributed by atoms with Crippen molar-refractivity contribution in [2.24, 2.45) is 0 Å². The highest BCUT2D eigenvalue weighted by Crippen LogP contribution is 2.17. The molecule has 0 atom stereocenters. The minimum Gasteiger partial charge on any atom is -0.369 e. The van der Waals surface area contributed by atoms with Gasteiger partial charge in [0.05, 0.1) is 0 Å². The molecule has 0 bridgehead atoms. The van der Waals surface area contributed by atoms with Crippen molar-refractivity contribution in [2.45, 2.75) is 19.9 Å². The predicted molar refractivity (Wildman–Crippen MR) is 110 cm³/mol. The molecule has 0 saturated carbocycles. The molecule has 4 aromatic rings. The SMILES string of the molecule is Cc1cc(NCCC(=O)NCc2ccccc2F)n2nc(-c3cccnc3)nc2n1. The first-order valence-corrected chi connectivity index (χ1v) is 9.49. The molecule has 0 radical (unpaired) electrons. The highest BCUT2D eigenvalue weighted by molar-refractivity contribution is 5.76. The quantitative estimate of drug-likeness (QED) is 0.491. The smallest absolute Gasteiger partial charge is 0.254 e. The Morgan fingerprint density at radius 2 is 2.03 bits per heavy atom. The second kappa shape index (κ2) is 8.64. The third-order valence-corrected chi connectivity index (χ3v) is 4.45. The Morgan fingerprint density at radius 3 is 2.83 bits per heavy atom. The van der Waals surface area contributed by atoms with Crippen molar-refractivity contribution >= 4 is 17.5 Å². The number of carbonyl (C=O) groups is 1. The van der Waals surface area contributed by atoms with Crippen LogP contribution in [0.1, 0.15) is 17.7 Å². The zero-order chi connectivity index (χ0) is 20.9. The van der Waals surface area contributed by atoms with Crippen molar-refractivity contribution in [3.8, 4) is 11.4 Å². The van der Waals surface area contributed by atoms with Crippen LogP contribution in [0.2, 0.25) is 0 Å². The van der Waals surface area contributed by atoms with E-state index in [1.807, 2.05) is 25.1 Å². The Balaban J connectivity index is 1.40. The van der Waals surface area contributed by atoms with Gasteiger partial charge in [-0.1, -0.05) is 18.2 Å². The normalized spacial score (nSPS) is 10.9. The fraction of sp³-hybridized carbons (Fsp3) is 0.190. The summed E-state index contributed by atoms with van der Waals surface area (Å²) in [7, 11) is 0. The van der Waals surface area contributed by atoms with E-state index in [1.54, 1.807) is 35.1 Å². The average molecular weight is 405 g/mol. The number of aryl methyl sites for hydroxylation is 1. The molecule has 0 saturated heterocycles. The Morgan fingerprint density at radius 1 is 1.17 bits per heavy atom. The summed E-state index contributed by atoms with van der Waals surface area (Å²) in [6, 6.07) is 11.9. The number of carbonyl (C=O) groups excluding carboxylic acids is 1. The molecule has 4 rings (SSSR count). The van der Waals surface area contributed by atoms with Gasteiger partial charge in [0.25, 0.3) is 5.78 Å². The van der Waals surface area contributed by atoms with E-state index < -0.39 is 0 Å². The van der Waals surface area contributed by atoms with Gasteiger partial charge < -0.3 is 10.6 Å². The van der Waals surface area contributed by atoms with Crippen molar-refractivity contribution in [2.75, 3.05) is 11.9 Å². The van der Waals surface area contributed by atoms with Crippen LogP contribution in [-0.4, -0.2) is 37.0 Å². The van der Waals surface area contributed by atoms with E-state index in [-0.39, 0.29) is 24.7 Å². The van der Waals surface area contributed by atoms with Crippen molar-refractivity contribution in [3.63, 3.8) is 0 Å². The minimum atomic E-state index is -0.332. The molecule has 9 heteroatoms. The van der Waals surface area contributed by atoms with Crippen molar-refractivity contribution in [3.05, 3.63) is 71.9 Å². The topological polar surface area (TPSA) is 97.1 Å². The van der Waals surface area contributed by atoms with E-state index in [9.17, 15) is 9.18 Å². The number of nitrogens with zero attached hydrogens (tertiary/aromatic N) is 5. The molecule has 0 aliphatic carbocycles. The molecule has 1 amide bonds. The second-order valence-corrected chi connectivity index (χ2v) is 6.72. The first-order valence-electron chi connectivity index (χ1n) is 9.49. The molecule has 1 aromatic carbocycles. The lowest BCUT2D eigenvalue weighted by molar-refractivity contribution is -0.121. The summed E-state index contributed by atoms with van der Waals surface area (Å²) in [5, 5.41) is 10.4.